The van der Waals surface area contributed by atoms with Crippen molar-refractivity contribution in [2.24, 2.45) is 11.8 Å². The van der Waals surface area contributed by atoms with E-state index in [-0.39, 0.29) is 35.6 Å². The number of amides is 3. The minimum atomic E-state index is -0.720. The fourth-order valence-electron chi connectivity index (χ4n) is 6.04. The summed E-state index contributed by atoms with van der Waals surface area (Å²) in [6.45, 7) is 8.38. The van der Waals surface area contributed by atoms with Gasteiger partial charge in [-0.25, -0.2) is 0 Å². The number of anilines is 1. The zero-order valence-electron chi connectivity index (χ0n) is 19.2. The Bertz CT molecular complexity index is 933. The number of nitrogens with zero attached hydrogens (tertiary/aromatic N) is 1. The number of aliphatic hydroxyl groups is 1. The molecule has 1 aromatic rings. The van der Waals surface area contributed by atoms with Gasteiger partial charge in [0.15, 0.2) is 0 Å². The third-order valence-electron chi connectivity index (χ3n) is 7.43. The largest absolute Gasteiger partial charge is 0.395 e. The van der Waals surface area contributed by atoms with Crippen molar-refractivity contribution in [2.75, 3.05) is 25.0 Å². The van der Waals surface area contributed by atoms with Gasteiger partial charge >= 0.3 is 0 Å². The summed E-state index contributed by atoms with van der Waals surface area (Å²) in [5, 5.41) is 15.8. The van der Waals surface area contributed by atoms with Crippen LogP contribution in [0.25, 0.3) is 0 Å². The molecule has 5 atom stereocenters. The molecule has 7 nitrogen and oxygen atoms in total. The van der Waals surface area contributed by atoms with Crippen molar-refractivity contribution >= 4 is 35.2 Å². The number of β-amino-alcohol motifs (C(OH)–C–C–N with tert-alkyl or cyclic N) is 1. The van der Waals surface area contributed by atoms with Crippen LogP contribution in [0.3, 0.4) is 0 Å². The molecule has 3 aliphatic rings. The number of para-hydroxylation sites is 1. The first-order valence-corrected chi connectivity index (χ1v) is 12.3. The van der Waals surface area contributed by atoms with Crippen LogP contribution in [-0.4, -0.2) is 63.0 Å². The van der Waals surface area contributed by atoms with E-state index in [4.69, 9.17) is 0 Å². The number of aliphatic hydroxyl groups excluding tert-OH is 1. The third kappa shape index (κ3) is 3.34. The van der Waals surface area contributed by atoms with E-state index in [1.54, 1.807) is 11.8 Å². The molecule has 8 heteroatoms. The fourth-order valence-corrected chi connectivity index (χ4v) is 8.39. The monoisotopic (exact) mass is 459 g/mol. The normalized spacial score (nSPS) is 32.8. The Morgan fingerprint density at radius 2 is 1.91 bits per heavy atom. The number of aryl methyl sites for hydroxylation is 2. The minimum Gasteiger partial charge on any atom is -0.395 e. The van der Waals surface area contributed by atoms with E-state index >= 15 is 0 Å². The van der Waals surface area contributed by atoms with E-state index in [1.807, 2.05) is 39.0 Å². The molecule has 3 saturated heterocycles. The minimum absolute atomic E-state index is 0.0858. The van der Waals surface area contributed by atoms with E-state index in [2.05, 4.69) is 17.6 Å². The summed E-state index contributed by atoms with van der Waals surface area (Å²) < 4.78 is -1.03. The molecule has 2 unspecified atom stereocenters. The number of hydrogen-bond donors (Lipinski definition) is 3. The molecular weight excluding hydrogens is 426 g/mol. The van der Waals surface area contributed by atoms with Crippen LogP contribution in [0.2, 0.25) is 0 Å². The highest BCUT2D eigenvalue weighted by molar-refractivity contribution is 8.02. The molecule has 2 bridgehead atoms. The van der Waals surface area contributed by atoms with Gasteiger partial charge < -0.3 is 20.6 Å². The van der Waals surface area contributed by atoms with Gasteiger partial charge in [-0.3, -0.25) is 14.4 Å². The maximum atomic E-state index is 13.7. The van der Waals surface area contributed by atoms with E-state index < -0.39 is 22.6 Å². The van der Waals surface area contributed by atoms with E-state index in [1.165, 1.54) is 4.90 Å². The second-order valence-corrected chi connectivity index (χ2v) is 11.4. The summed E-state index contributed by atoms with van der Waals surface area (Å²) in [5.74, 6) is -1.55. The van der Waals surface area contributed by atoms with Crippen molar-refractivity contribution < 1.29 is 19.5 Å². The van der Waals surface area contributed by atoms with Gasteiger partial charge in [0, 0.05) is 23.5 Å². The van der Waals surface area contributed by atoms with Crippen LogP contribution in [0.1, 0.15) is 44.2 Å². The van der Waals surface area contributed by atoms with Crippen molar-refractivity contribution in [3.63, 3.8) is 0 Å². The first-order chi connectivity index (χ1) is 15.2. The fraction of sp³-hybridized carbons (Fsp3) is 0.625. The zero-order chi connectivity index (χ0) is 23.3. The molecule has 3 amide bonds. The molecule has 0 aliphatic carbocycles. The summed E-state index contributed by atoms with van der Waals surface area (Å²) in [6, 6.07) is 5.11. The van der Waals surface area contributed by atoms with E-state index in [9.17, 15) is 19.5 Å². The van der Waals surface area contributed by atoms with Gasteiger partial charge in [-0.1, -0.05) is 25.1 Å². The van der Waals surface area contributed by atoms with Crippen LogP contribution in [0.4, 0.5) is 5.69 Å². The molecule has 0 saturated carbocycles. The molecule has 3 aliphatic heterocycles. The third-order valence-corrected chi connectivity index (χ3v) is 9.41. The number of nitrogens with one attached hydrogen (secondary N) is 2. The van der Waals surface area contributed by atoms with Crippen molar-refractivity contribution in [3.05, 3.63) is 29.3 Å². The van der Waals surface area contributed by atoms with Crippen LogP contribution in [0.15, 0.2) is 18.2 Å². The highest BCUT2D eigenvalue weighted by Gasteiger charge is 2.77. The Balaban J connectivity index is 1.72. The Labute approximate surface area is 193 Å². The number of hydrogen-bond acceptors (Lipinski definition) is 5. The number of carbonyl (C=O) groups is 3. The summed E-state index contributed by atoms with van der Waals surface area (Å²) in [4.78, 5) is 42.0. The number of benzene rings is 1. The van der Waals surface area contributed by atoms with E-state index in [0.717, 1.165) is 29.7 Å². The zero-order valence-corrected chi connectivity index (χ0v) is 20.1. The molecule has 32 heavy (non-hydrogen) atoms. The molecule has 0 radical (unpaired) electrons. The molecular formula is C24H33N3O4S. The lowest BCUT2D eigenvalue weighted by Gasteiger charge is -2.35. The SMILES string of the molecule is CCCNC(=O)[C@@H]1[C@H]2C(=O)N(CCO)C(C(=O)Nc3c(C)cccc3C)C23CC[C@@]1(C)S3. The van der Waals surface area contributed by atoms with Crippen LogP contribution in [-0.2, 0) is 14.4 Å². The molecule has 0 aromatic heterocycles. The standard InChI is InChI=1S/C24H33N3O4S/c1-5-11-25-20(29)16-17-22(31)27(12-13-28)19(24(17)10-9-23(16,4)32-24)21(30)26-18-14(2)7-6-8-15(18)3/h6-8,16-17,19,28H,5,9-13H2,1-4H3,(H,25,29)(H,26,30)/t16-,17-,19?,23+,24?/m0/s1. The van der Waals surface area contributed by atoms with E-state index in [0.29, 0.717) is 13.0 Å². The van der Waals surface area contributed by atoms with Gasteiger partial charge in [-0.05, 0) is 51.2 Å². The lowest BCUT2D eigenvalue weighted by molar-refractivity contribution is -0.140. The van der Waals surface area contributed by atoms with Crippen LogP contribution in [0.5, 0.6) is 0 Å². The Kier molecular flexibility index (Phi) is 6.05. The van der Waals surface area contributed by atoms with Crippen LogP contribution in [0, 0.1) is 25.7 Å². The lowest BCUT2D eigenvalue weighted by Crippen LogP contribution is -2.52. The first kappa shape index (κ1) is 23.1. The Morgan fingerprint density at radius 1 is 1.22 bits per heavy atom. The molecule has 3 heterocycles. The van der Waals surface area contributed by atoms with Gasteiger partial charge in [0.05, 0.1) is 23.2 Å². The second kappa shape index (κ2) is 8.37. The summed E-state index contributed by atoms with van der Waals surface area (Å²) in [5.41, 5.74) is 2.67. The second-order valence-electron chi connectivity index (χ2n) is 9.53. The van der Waals surface area contributed by atoms with Gasteiger partial charge in [0.2, 0.25) is 17.7 Å². The highest BCUT2D eigenvalue weighted by atomic mass is 32.2. The van der Waals surface area contributed by atoms with Crippen LogP contribution < -0.4 is 10.6 Å². The van der Waals surface area contributed by atoms with Crippen molar-refractivity contribution in [2.45, 2.75) is 62.5 Å². The molecule has 3 fully saturated rings. The van der Waals surface area contributed by atoms with Crippen molar-refractivity contribution in [1.82, 2.24) is 10.2 Å². The first-order valence-electron chi connectivity index (χ1n) is 11.5. The molecule has 3 N–H and O–H groups in total. The number of rotatable bonds is 7. The van der Waals surface area contributed by atoms with Gasteiger partial charge in [-0.15, -0.1) is 11.8 Å². The van der Waals surface area contributed by atoms with Crippen molar-refractivity contribution in [3.8, 4) is 0 Å². The highest BCUT2D eigenvalue weighted by Crippen LogP contribution is 2.71. The molecule has 1 spiro atoms. The smallest absolute Gasteiger partial charge is 0.248 e. The van der Waals surface area contributed by atoms with Gasteiger partial charge in [0.1, 0.15) is 6.04 Å². The predicted molar refractivity (Wildman–Crippen MR) is 125 cm³/mol. The number of carbonyl (C=O) groups excluding carboxylic acids is 3. The van der Waals surface area contributed by atoms with Crippen molar-refractivity contribution in [1.29, 1.82) is 0 Å². The topological polar surface area (TPSA) is 98.7 Å². The number of fused-ring (bicyclic) bond motifs is 1. The quantitative estimate of drug-likeness (QED) is 0.581. The predicted octanol–water partition coefficient (Wildman–Crippen LogP) is 2.24. The Hall–Kier alpha value is -2.06. The average Bonchev–Trinajstić information content (AvgIpc) is 3.30. The lowest BCUT2D eigenvalue weighted by atomic mass is 9.66. The van der Waals surface area contributed by atoms with Gasteiger partial charge in [0.25, 0.3) is 0 Å². The summed E-state index contributed by atoms with van der Waals surface area (Å²) in [6.07, 6.45) is 2.31. The maximum Gasteiger partial charge on any atom is 0.248 e. The summed E-state index contributed by atoms with van der Waals surface area (Å²) in [7, 11) is 0. The molecule has 174 valence electrons. The number of thioether (sulfide) groups is 1. The van der Waals surface area contributed by atoms with Crippen LogP contribution >= 0.6 is 11.8 Å². The number of likely N-dealkylation sites (tertiary alicyclic amines) is 1. The maximum absolute atomic E-state index is 13.7. The summed E-state index contributed by atoms with van der Waals surface area (Å²) >= 11 is 1.64. The molecule has 4 rings (SSSR count). The van der Waals surface area contributed by atoms with Gasteiger partial charge in [-0.2, -0.15) is 0 Å². The Morgan fingerprint density at radius 3 is 2.53 bits per heavy atom. The molecule has 1 aromatic carbocycles. The average molecular weight is 460 g/mol.